The van der Waals surface area contributed by atoms with Gasteiger partial charge >= 0.3 is 0 Å². The van der Waals surface area contributed by atoms with Crippen LogP contribution >= 0.6 is 8.53 Å². The number of nitrogens with one attached hydrogen (secondary N) is 1. The Morgan fingerprint density at radius 1 is 0.800 bits per heavy atom. The van der Waals surface area contributed by atoms with Crippen LogP contribution in [0.4, 0.5) is 5.82 Å². The first-order valence-corrected chi connectivity index (χ1v) is 23.6. The molecule has 4 aromatic carbocycles. The third kappa shape index (κ3) is 7.99. The summed E-state index contributed by atoms with van der Waals surface area (Å²) in [6.45, 7) is 3.30. The average molecular weight is 899 g/mol. The van der Waals surface area contributed by atoms with Crippen molar-refractivity contribution in [2.45, 2.75) is 87.2 Å². The zero-order valence-corrected chi connectivity index (χ0v) is 38.0. The van der Waals surface area contributed by atoms with E-state index in [0.717, 1.165) is 60.4 Å². The van der Waals surface area contributed by atoms with E-state index >= 15 is 0 Å². The van der Waals surface area contributed by atoms with Gasteiger partial charge in [-0.05, 0) is 91.6 Å². The smallest absolute Gasteiger partial charge is 0.260 e. The molecule has 1 unspecified atom stereocenters. The molecule has 0 bridgehead atoms. The maximum Gasteiger partial charge on any atom is 0.260 e. The molecule has 4 fully saturated rings. The second kappa shape index (κ2) is 18.5. The van der Waals surface area contributed by atoms with E-state index in [0.29, 0.717) is 22.6 Å². The Kier molecular flexibility index (Phi) is 12.4. The normalized spacial score (nSPS) is 25.8. The molecule has 65 heavy (non-hydrogen) atoms. The van der Waals surface area contributed by atoms with E-state index in [1.54, 1.807) is 39.8 Å². The third-order valence-corrected chi connectivity index (χ3v) is 15.7. The van der Waals surface area contributed by atoms with Crippen LogP contribution in [-0.2, 0) is 28.9 Å². The first-order chi connectivity index (χ1) is 31.8. The average Bonchev–Trinajstić information content (AvgIpc) is 4.22. The van der Waals surface area contributed by atoms with Crippen molar-refractivity contribution in [3.8, 4) is 11.5 Å². The lowest BCUT2D eigenvalue weighted by atomic mass is 9.80. The van der Waals surface area contributed by atoms with Gasteiger partial charge in [0.2, 0.25) is 0 Å². The summed E-state index contributed by atoms with van der Waals surface area (Å²) >= 11 is 0. The third-order valence-electron chi connectivity index (χ3n) is 13.8. The van der Waals surface area contributed by atoms with Crippen LogP contribution in [-0.4, -0.2) is 94.5 Å². The van der Waals surface area contributed by atoms with Crippen molar-refractivity contribution >= 4 is 31.4 Å². The summed E-state index contributed by atoms with van der Waals surface area (Å²) in [5, 5.41) is 2.93. The molecule has 1 amide bonds. The van der Waals surface area contributed by atoms with Gasteiger partial charge in [-0.3, -0.25) is 9.36 Å². The molecule has 1 aliphatic carbocycles. The predicted molar refractivity (Wildman–Crippen MR) is 246 cm³/mol. The summed E-state index contributed by atoms with van der Waals surface area (Å²) in [5.74, 6) is 1.90. The molecular weight excluding hydrogens is 844 g/mol. The van der Waals surface area contributed by atoms with Gasteiger partial charge < -0.3 is 38.0 Å². The first-order valence-electron chi connectivity index (χ1n) is 22.5. The molecule has 4 aliphatic rings. The second-order valence-corrected chi connectivity index (χ2v) is 18.7. The van der Waals surface area contributed by atoms with Gasteiger partial charge in [0, 0.05) is 25.3 Å². The minimum absolute atomic E-state index is 0.0838. The van der Waals surface area contributed by atoms with Crippen molar-refractivity contribution in [2.24, 2.45) is 5.92 Å². The maximum absolute atomic E-state index is 13.3. The Bertz CT molecular complexity index is 2520. The van der Waals surface area contributed by atoms with Crippen molar-refractivity contribution in [3.05, 3.63) is 144 Å². The Balaban J connectivity index is 1.04. The lowest BCUT2D eigenvalue weighted by Crippen LogP contribution is -2.44. The van der Waals surface area contributed by atoms with E-state index in [2.05, 4.69) is 39.0 Å². The number of benzene rings is 4. The molecular formula is C50H55N6O8P. The zero-order valence-electron chi connectivity index (χ0n) is 37.1. The number of ether oxygens (including phenoxy) is 5. The number of imidazole rings is 1. The van der Waals surface area contributed by atoms with Crippen LogP contribution in [0.15, 0.2) is 122 Å². The standard InChI is InChI=1S/C50H55N6O8P/c1-49(34-16-11-12-17-34)41-20-13-29-56(41)65(64-49)63-43-40(62-48(44(43)60-4)55-32-53-42-45(51-31-52-46(42)55)54-47(57)33-14-7-5-8-15-33)30-61-50(35-18-9-6-10-19-35,36-21-25-38(58-2)26-22-36)37-23-27-39(59-3)28-24-37/h5-10,14-15,18-19,21-28,31-32,34,40-41,43-44,48H,11-13,16-17,20,29-30H2,1-4H3,(H,51,52,54,57)/t40-,41+,43-,44-,48-,49-,65?/m1/s1. The van der Waals surface area contributed by atoms with Gasteiger partial charge in [-0.25, -0.2) is 19.6 Å². The van der Waals surface area contributed by atoms with Gasteiger partial charge in [0.25, 0.3) is 14.4 Å². The monoisotopic (exact) mass is 898 g/mol. The highest BCUT2D eigenvalue weighted by Gasteiger charge is 2.60. The molecule has 1 N–H and O–H groups in total. The first kappa shape index (κ1) is 43.6. The highest BCUT2D eigenvalue weighted by molar-refractivity contribution is 7.45. The number of amides is 1. The minimum Gasteiger partial charge on any atom is -0.497 e. The van der Waals surface area contributed by atoms with Crippen molar-refractivity contribution in [1.82, 2.24) is 24.2 Å². The quantitative estimate of drug-likeness (QED) is 0.0777. The number of anilines is 1. The van der Waals surface area contributed by atoms with E-state index in [1.165, 1.54) is 19.2 Å². The van der Waals surface area contributed by atoms with Crippen LogP contribution in [0, 0.1) is 5.92 Å². The van der Waals surface area contributed by atoms with Gasteiger partial charge in [-0.15, -0.1) is 0 Å². The Morgan fingerprint density at radius 2 is 1.45 bits per heavy atom. The summed E-state index contributed by atoms with van der Waals surface area (Å²) in [4.78, 5) is 27.1. The molecule has 5 heterocycles. The van der Waals surface area contributed by atoms with Crippen LogP contribution in [0.3, 0.4) is 0 Å². The highest BCUT2D eigenvalue weighted by Crippen LogP contribution is 2.64. The Morgan fingerprint density at radius 3 is 2.09 bits per heavy atom. The summed E-state index contributed by atoms with van der Waals surface area (Å²) in [6, 6.07) is 35.4. The molecule has 0 radical (unpaired) electrons. The molecule has 3 saturated heterocycles. The minimum atomic E-state index is -1.50. The van der Waals surface area contributed by atoms with E-state index in [9.17, 15) is 4.79 Å². The summed E-state index contributed by atoms with van der Waals surface area (Å²) in [6.07, 6.45) is 7.27. The van der Waals surface area contributed by atoms with Gasteiger partial charge in [-0.2, -0.15) is 0 Å². The number of fused-ring (bicyclic) bond motifs is 2. The zero-order chi connectivity index (χ0) is 44.5. The molecule has 10 rings (SSSR count). The number of hydrogen-bond donors (Lipinski definition) is 1. The van der Waals surface area contributed by atoms with Crippen LogP contribution < -0.4 is 14.8 Å². The summed E-state index contributed by atoms with van der Waals surface area (Å²) in [7, 11) is 3.50. The molecule has 1 saturated carbocycles. The molecule has 7 atom stereocenters. The van der Waals surface area contributed by atoms with E-state index in [-0.39, 0.29) is 30.0 Å². The fraction of sp³-hybridized carbons (Fsp3) is 0.400. The molecule has 2 aromatic heterocycles. The largest absolute Gasteiger partial charge is 0.497 e. The van der Waals surface area contributed by atoms with E-state index in [1.807, 2.05) is 89.5 Å². The Labute approximate surface area is 380 Å². The van der Waals surface area contributed by atoms with Crippen LogP contribution in [0.1, 0.15) is 78.7 Å². The molecule has 6 aromatic rings. The number of rotatable bonds is 15. The number of nitrogens with zero attached hydrogens (tertiary/aromatic N) is 5. The van der Waals surface area contributed by atoms with Crippen LogP contribution in [0.2, 0.25) is 0 Å². The predicted octanol–water partition coefficient (Wildman–Crippen LogP) is 9.07. The van der Waals surface area contributed by atoms with Gasteiger partial charge in [0.15, 0.2) is 23.2 Å². The van der Waals surface area contributed by atoms with Gasteiger partial charge in [0.05, 0.1) is 32.8 Å². The lowest BCUT2D eigenvalue weighted by Gasteiger charge is -2.37. The number of methoxy groups -OCH3 is 3. The number of carbonyl (C=O) groups excluding carboxylic acids is 1. The highest BCUT2D eigenvalue weighted by atomic mass is 31.2. The fourth-order valence-corrected chi connectivity index (χ4v) is 12.7. The van der Waals surface area contributed by atoms with Crippen LogP contribution in [0.25, 0.3) is 11.2 Å². The Hall–Kier alpha value is -5.31. The molecule has 0 spiro atoms. The van der Waals surface area contributed by atoms with Gasteiger partial charge in [-0.1, -0.05) is 85.6 Å². The number of hydrogen-bond acceptors (Lipinski definition) is 12. The summed E-state index contributed by atoms with van der Waals surface area (Å²) < 4.78 is 51.2. The number of carbonyl (C=O) groups is 1. The van der Waals surface area contributed by atoms with Crippen molar-refractivity contribution < 1.29 is 37.5 Å². The van der Waals surface area contributed by atoms with Crippen molar-refractivity contribution in [3.63, 3.8) is 0 Å². The lowest BCUT2D eigenvalue weighted by molar-refractivity contribution is -0.0937. The molecule has 15 heteroatoms. The van der Waals surface area contributed by atoms with E-state index < -0.39 is 38.7 Å². The SMILES string of the molecule is COc1ccc(C(OC[C@H]2O[C@@H](n3cnc4c(NC(=O)c5ccccc5)ncnc43)[C@H](OC)[C@@H]2OP2O[C@](C)(C3CCCC3)[C@@H]3CCCN32)(c2ccccc2)c2ccc(OC)cc2)cc1. The summed E-state index contributed by atoms with van der Waals surface area (Å²) in [5.41, 5.74) is 2.64. The maximum atomic E-state index is 13.3. The molecule has 14 nitrogen and oxygen atoms in total. The topological polar surface area (TPSA) is 141 Å². The van der Waals surface area contributed by atoms with Crippen molar-refractivity contribution in [1.29, 1.82) is 0 Å². The van der Waals surface area contributed by atoms with E-state index in [4.69, 9.17) is 37.7 Å². The molecule has 338 valence electrons. The van der Waals surface area contributed by atoms with Gasteiger partial charge in [0.1, 0.15) is 41.7 Å². The molecule has 3 aliphatic heterocycles. The second-order valence-electron chi connectivity index (χ2n) is 17.3. The fourth-order valence-electron chi connectivity index (χ4n) is 10.5. The van der Waals surface area contributed by atoms with Crippen LogP contribution in [0.5, 0.6) is 11.5 Å². The van der Waals surface area contributed by atoms with Crippen molar-refractivity contribution in [2.75, 3.05) is 39.8 Å². The number of aromatic nitrogens is 4.